The zero-order chi connectivity index (χ0) is 12.0. The average molecular weight is 236 g/mol. The van der Waals surface area contributed by atoms with Gasteiger partial charge in [-0.25, -0.2) is 0 Å². The molecule has 2 aliphatic carbocycles. The standard InChI is InChI=1S/C15H24O2/c1-10-9-17-14-13(10)4-3-11(2)15(14)6-5-12(7-15)8-16/h7,10-11,13-14,16H,3-6,8-9H2,1-2H3/t10-,11+,13-,14+,15+/m1/s1. The van der Waals surface area contributed by atoms with E-state index in [2.05, 4.69) is 19.9 Å². The molecule has 2 heteroatoms. The molecule has 0 aromatic carbocycles. The highest BCUT2D eigenvalue weighted by Crippen LogP contribution is 2.56. The third-order valence-electron chi connectivity index (χ3n) is 5.59. The van der Waals surface area contributed by atoms with Crippen molar-refractivity contribution >= 4 is 0 Å². The van der Waals surface area contributed by atoms with Gasteiger partial charge in [-0.2, -0.15) is 0 Å². The average Bonchev–Trinajstić information content (AvgIpc) is 2.90. The third-order valence-corrected chi connectivity index (χ3v) is 5.59. The van der Waals surface area contributed by atoms with Crippen LogP contribution in [-0.4, -0.2) is 24.4 Å². The van der Waals surface area contributed by atoms with E-state index in [1.165, 1.54) is 24.8 Å². The molecule has 96 valence electrons. The summed E-state index contributed by atoms with van der Waals surface area (Å²) in [4.78, 5) is 0. The number of aliphatic hydroxyl groups excluding tert-OH is 1. The van der Waals surface area contributed by atoms with Gasteiger partial charge in [-0.1, -0.05) is 19.9 Å². The topological polar surface area (TPSA) is 29.5 Å². The molecule has 1 saturated carbocycles. The summed E-state index contributed by atoms with van der Waals surface area (Å²) in [6.07, 6.45) is 7.72. The second-order valence-electron chi connectivity index (χ2n) is 6.45. The Labute approximate surface area is 104 Å². The van der Waals surface area contributed by atoms with Crippen LogP contribution in [0.3, 0.4) is 0 Å². The predicted molar refractivity (Wildman–Crippen MR) is 67.6 cm³/mol. The van der Waals surface area contributed by atoms with Crippen LogP contribution in [0.1, 0.15) is 39.5 Å². The van der Waals surface area contributed by atoms with Gasteiger partial charge in [0, 0.05) is 12.0 Å². The lowest BCUT2D eigenvalue weighted by Gasteiger charge is -2.46. The molecule has 5 atom stereocenters. The van der Waals surface area contributed by atoms with Gasteiger partial charge in [0.25, 0.3) is 0 Å². The SMILES string of the molecule is C[C@@H]1CO[C@H]2[C@@H]1CC[C@H](C)[C@]21C=C(CO)CC1. The summed E-state index contributed by atoms with van der Waals surface area (Å²) < 4.78 is 6.14. The smallest absolute Gasteiger partial charge is 0.0700 e. The van der Waals surface area contributed by atoms with Gasteiger partial charge < -0.3 is 9.84 Å². The van der Waals surface area contributed by atoms with E-state index < -0.39 is 0 Å². The summed E-state index contributed by atoms with van der Waals surface area (Å²) in [6, 6.07) is 0. The van der Waals surface area contributed by atoms with E-state index in [0.717, 1.165) is 24.9 Å². The summed E-state index contributed by atoms with van der Waals surface area (Å²) in [5.74, 6) is 2.18. The maximum atomic E-state index is 9.35. The fourth-order valence-electron chi connectivity index (χ4n) is 4.42. The van der Waals surface area contributed by atoms with Crippen LogP contribution >= 0.6 is 0 Å². The number of aliphatic hydroxyl groups is 1. The first kappa shape index (κ1) is 11.7. The van der Waals surface area contributed by atoms with Crippen molar-refractivity contribution in [3.8, 4) is 0 Å². The van der Waals surface area contributed by atoms with E-state index in [1.54, 1.807) is 0 Å². The number of rotatable bonds is 1. The highest BCUT2D eigenvalue weighted by atomic mass is 16.5. The molecule has 1 spiro atoms. The molecule has 1 heterocycles. The number of hydrogen-bond donors (Lipinski definition) is 1. The first-order valence-electron chi connectivity index (χ1n) is 7.10. The van der Waals surface area contributed by atoms with Crippen LogP contribution < -0.4 is 0 Å². The van der Waals surface area contributed by atoms with Crippen molar-refractivity contribution in [3.05, 3.63) is 11.6 Å². The van der Waals surface area contributed by atoms with Gasteiger partial charge in [-0.05, 0) is 49.0 Å². The molecule has 2 nitrogen and oxygen atoms in total. The molecule has 0 aromatic heterocycles. The van der Waals surface area contributed by atoms with Crippen molar-refractivity contribution < 1.29 is 9.84 Å². The van der Waals surface area contributed by atoms with Crippen LogP contribution in [0, 0.1) is 23.2 Å². The van der Waals surface area contributed by atoms with E-state index in [-0.39, 0.29) is 12.0 Å². The number of ether oxygens (including phenoxy) is 1. The lowest BCUT2D eigenvalue weighted by atomic mass is 9.60. The molecular formula is C15H24O2. The van der Waals surface area contributed by atoms with Gasteiger partial charge in [0.15, 0.2) is 0 Å². The van der Waals surface area contributed by atoms with Crippen LogP contribution in [0.2, 0.25) is 0 Å². The molecule has 1 N–H and O–H groups in total. The van der Waals surface area contributed by atoms with Crippen LogP contribution in [0.15, 0.2) is 11.6 Å². The van der Waals surface area contributed by atoms with E-state index in [9.17, 15) is 5.11 Å². The van der Waals surface area contributed by atoms with Gasteiger partial charge in [0.2, 0.25) is 0 Å². The van der Waals surface area contributed by atoms with E-state index >= 15 is 0 Å². The zero-order valence-electron chi connectivity index (χ0n) is 11.0. The predicted octanol–water partition coefficient (Wildman–Crippen LogP) is 2.77. The Morgan fingerprint density at radius 1 is 1.41 bits per heavy atom. The molecule has 0 radical (unpaired) electrons. The van der Waals surface area contributed by atoms with Crippen LogP contribution in [0.5, 0.6) is 0 Å². The lowest BCUT2D eigenvalue weighted by molar-refractivity contribution is -0.0503. The number of hydrogen-bond acceptors (Lipinski definition) is 2. The van der Waals surface area contributed by atoms with Crippen LogP contribution in [0.4, 0.5) is 0 Å². The molecule has 3 rings (SSSR count). The molecule has 17 heavy (non-hydrogen) atoms. The molecule has 1 saturated heterocycles. The molecule has 2 fully saturated rings. The first-order valence-corrected chi connectivity index (χ1v) is 7.10. The monoisotopic (exact) mass is 236 g/mol. The minimum atomic E-state index is 0.238. The Morgan fingerprint density at radius 3 is 2.94 bits per heavy atom. The second kappa shape index (κ2) is 4.10. The summed E-state index contributed by atoms with van der Waals surface area (Å²) in [5.41, 5.74) is 1.48. The fourth-order valence-corrected chi connectivity index (χ4v) is 4.42. The summed E-state index contributed by atoms with van der Waals surface area (Å²) in [6.45, 7) is 5.88. The van der Waals surface area contributed by atoms with E-state index in [4.69, 9.17) is 4.74 Å². The zero-order valence-corrected chi connectivity index (χ0v) is 11.0. The van der Waals surface area contributed by atoms with Crippen molar-refractivity contribution in [2.24, 2.45) is 23.2 Å². The van der Waals surface area contributed by atoms with Crippen molar-refractivity contribution in [1.82, 2.24) is 0 Å². The fraction of sp³-hybridized carbons (Fsp3) is 0.867. The largest absolute Gasteiger partial charge is 0.392 e. The Bertz CT molecular complexity index is 336. The van der Waals surface area contributed by atoms with Crippen molar-refractivity contribution in [3.63, 3.8) is 0 Å². The third kappa shape index (κ3) is 1.61. The minimum absolute atomic E-state index is 0.238. The van der Waals surface area contributed by atoms with Crippen molar-refractivity contribution in [1.29, 1.82) is 0 Å². The van der Waals surface area contributed by atoms with E-state index in [1.807, 2.05) is 0 Å². The van der Waals surface area contributed by atoms with E-state index in [0.29, 0.717) is 12.0 Å². The van der Waals surface area contributed by atoms with Gasteiger partial charge in [0.1, 0.15) is 0 Å². The van der Waals surface area contributed by atoms with Gasteiger partial charge >= 0.3 is 0 Å². The first-order chi connectivity index (χ1) is 8.17. The quantitative estimate of drug-likeness (QED) is 0.709. The molecule has 0 bridgehead atoms. The van der Waals surface area contributed by atoms with Crippen molar-refractivity contribution in [2.75, 3.05) is 13.2 Å². The molecule has 0 unspecified atom stereocenters. The summed E-state index contributed by atoms with van der Waals surface area (Å²) in [5, 5.41) is 9.35. The van der Waals surface area contributed by atoms with Gasteiger partial charge in [0.05, 0.1) is 12.7 Å². The maximum absolute atomic E-state index is 9.35. The molecule has 0 amide bonds. The molecule has 3 aliphatic rings. The highest BCUT2D eigenvalue weighted by molar-refractivity contribution is 5.23. The van der Waals surface area contributed by atoms with Crippen LogP contribution in [0.25, 0.3) is 0 Å². The lowest BCUT2D eigenvalue weighted by Crippen LogP contribution is -2.45. The second-order valence-corrected chi connectivity index (χ2v) is 6.45. The summed E-state index contributed by atoms with van der Waals surface area (Å²) >= 11 is 0. The van der Waals surface area contributed by atoms with Gasteiger partial charge in [-0.3, -0.25) is 0 Å². The number of fused-ring (bicyclic) bond motifs is 2. The maximum Gasteiger partial charge on any atom is 0.0700 e. The van der Waals surface area contributed by atoms with Gasteiger partial charge in [-0.15, -0.1) is 0 Å². The highest BCUT2D eigenvalue weighted by Gasteiger charge is 2.54. The Hall–Kier alpha value is -0.340. The Kier molecular flexibility index (Phi) is 2.83. The minimum Gasteiger partial charge on any atom is -0.392 e. The molecule has 0 aromatic rings. The molecular weight excluding hydrogens is 212 g/mol. The normalized spacial score (nSPS) is 49.5. The van der Waals surface area contributed by atoms with Crippen molar-refractivity contribution in [2.45, 2.75) is 45.6 Å². The summed E-state index contributed by atoms with van der Waals surface area (Å²) in [7, 11) is 0. The Morgan fingerprint density at radius 2 is 2.24 bits per heavy atom. The molecule has 1 aliphatic heterocycles. The Balaban J connectivity index is 1.93. The van der Waals surface area contributed by atoms with Crippen LogP contribution in [-0.2, 0) is 4.74 Å².